The Bertz CT molecular complexity index is 1060. The highest BCUT2D eigenvalue weighted by atomic mass is 19.1. The number of benzene rings is 1. The highest BCUT2D eigenvalue weighted by Gasteiger charge is 2.34. The van der Waals surface area contributed by atoms with E-state index in [1.807, 2.05) is 13.0 Å². The fourth-order valence-corrected chi connectivity index (χ4v) is 3.07. The normalized spacial score (nSPS) is 13.8. The van der Waals surface area contributed by atoms with Crippen molar-refractivity contribution in [2.75, 3.05) is 0 Å². The molecule has 1 amide bonds. The molecule has 2 aromatic heterocycles. The second-order valence-electron chi connectivity index (χ2n) is 6.71. The van der Waals surface area contributed by atoms with Gasteiger partial charge in [0.1, 0.15) is 17.0 Å². The zero-order valence-corrected chi connectivity index (χ0v) is 14.4. The number of nitrogens with zero attached hydrogens (tertiary/aromatic N) is 3. The molecule has 132 valence electrons. The number of carbonyl (C=O) groups is 1. The fraction of sp³-hybridized carbons (Fsp3) is 0.250. The van der Waals surface area contributed by atoms with Crippen LogP contribution < -0.4 is 5.56 Å². The van der Waals surface area contributed by atoms with E-state index in [4.69, 9.17) is 0 Å². The Morgan fingerprint density at radius 2 is 2.12 bits per heavy atom. The van der Waals surface area contributed by atoms with E-state index in [1.54, 1.807) is 29.3 Å². The first kappa shape index (κ1) is 16.4. The Hall–Kier alpha value is -3.02. The Morgan fingerprint density at radius 3 is 2.85 bits per heavy atom. The summed E-state index contributed by atoms with van der Waals surface area (Å²) in [6, 6.07) is 9.88. The van der Waals surface area contributed by atoms with E-state index in [0.29, 0.717) is 11.2 Å². The second-order valence-corrected chi connectivity index (χ2v) is 6.71. The molecule has 1 fully saturated rings. The van der Waals surface area contributed by atoms with Gasteiger partial charge in [0.2, 0.25) is 0 Å². The van der Waals surface area contributed by atoms with Crippen LogP contribution >= 0.6 is 0 Å². The van der Waals surface area contributed by atoms with Crippen LogP contribution in [0.4, 0.5) is 4.39 Å². The third-order valence-electron chi connectivity index (χ3n) is 4.57. The van der Waals surface area contributed by atoms with Gasteiger partial charge in [-0.2, -0.15) is 0 Å². The van der Waals surface area contributed by atoms with Crippen LogP contribution in [0, 0.1) is 12.7 Å². The molecule has 3 aromatic rings. The van der Waals surface area contributed by atoms with Gasteiger partial charge in [-0.05, 0) is 49.1 Å². The van der Waals surface area contributed by atoms with Gasteiger partial charge in [0, 0.05) is 25.0 Å². The molecule has 26 heavy (non-hydrogen) atoms. The number of pyridine rings is 1. The molecule has 4 rings (SSSR count). The van der Waals surface area contributed by atoms with Crippen LogP contribution in [0.2, 0.25) is 0 Å². The van der Waals surface area contributed by atoms with Gasteiger partial charge >= 0.3 is 0 Å². The lowest BCUT2D eigenvalue weighted by Crippen LogP contribution is -2.37. The SMILES string of the molecule is Cc1ccc2ncc(C(=O)N(Cc3cccc(F)c3)C3CC3)c(=O)n2c1. The van der Waals surface area contributed by atoms with Gasteiger partial charge in [0.05, 0.1) is 0 Å². The van der Waals surface area contributed by atoms with E-state index >= 15 is 0 Å². The first-order chi connectivity index (χ1) is 12.5. The summed E-state index contributed by atoms with van der Waals surface area (Å²) in [5, 5.41) is 0. The number of carbonyl (C=O) groups excluding carboxylic acids is 1. The topological polar surface area (TPSA) is 54.7 Å². The van der Waals surface area contributed by atoms with Gasteiger partial charge < -0.3 is 4.90 Å². The molecule has 0 atom stereocenters. The summed E-state index contributed by atoms with van der Waals surface area (Å²) in [6.07, 6.45) is 4.80. The first-order valence-electron chi connectivity index (χ1n) is 8.56. The lowest BCUT2D eigenvalue weighted by atomic mass is 10.2. The van der Waals surface area contributed by atoms with Crippen molar-refractivity contribution in [1.29, 1.82) is 0 Å². The minimum Gasteiger partial charge on any atom is -0.331 e. The van der Waals surface area contributed by atoms with Crippen LogP contribution in [0.15, 0.2) is 53.6 Å². The van der Waals surface area contributed by atoms with E-state index in [9.17, 15) is 14.0 Å². The number of amides is 1. The third kappa shape index (κ3) is 3.10. The maximum atomic E-state index is 13.5. The molecule has 1 aliphatic carbocycles. The molecule has 1 aliphatic rings. The van der Waals surface area contributed by atoms with Crippen molar-refractivity contribution in [2.45, 2.75) is 32.4 Å². The van der Waals surface area contributed by atoms with Crippen LogP contribution in [0.25, 0.3) is 5.65 Å². The van der Waals surface area contributed by atoms with E-state index < -0.39 is 0 Å². The molecule has 0 saturated heterocycles. The van der Waals surface area contributed by atoms with Crippen molar-refractivity contribution in [2.24, 2.45) is 0 Å². The third-order valence-corrected chi connectivity index (χ3v) is 4.57. The number of halogens is 1. The van der Waals surface area contributed by atoms with Gasteiger partial charge in [-0.15, -0.1) is 0 Å². The molecule has 0 unspecified atom stereocenters. The lowest BCUT2D eigenvalue weighted by molar-refractivity contribution is 0.0727. The van der Waals surface area contributed by atoms with Crippen LogP contribution in [0.1, 0.15) is 34.3 Å². The summed E-state index contributed by atoms with van der Waals surface area (Å²) in [6.45, 7) is 2.15. The van der Waals surface area contributed by atoms with E-state index in [1.165, 1.54) is 22.7 Å². The van der Waals surface area contributed by atoms with Crippen molar-refractivity contribution < 1.29 is 9.18 Å². The van der Waals surface area contributed by atoms with Gasteiger partial charge in [0.15, 0.2) is 0 Å². The quantitative estimate of drug-likeness (QED) is 0.726. The number of hydrogen-bond donors (Lipinski definition) is 0. The Balaban J connectivity index is 1.71. The highest BCUT2D eigenvalue weighted by Crippen LogP contribution is 2.29. The van der Waals surface area contributed by atoms with Crippen LogP contribution in [0.3, 0.4) is 0 Å². The van der Waals surface area contributed by atoms with Crippen molar-refractivity contribution in [3.05, 3.63) is 81.7 Å². The second kappa shape index (κ2) is 6.37. The lowest BCUT2D eigenvalue weighted by Gasteiger charge is -2.22. The fourth-order valence-electron chi connectivity index (χ4n) is 3.07. The molecule has 2 heterocycles. The maximum Gasteiger partial charge on any atom is 0.270 e. The molecular formula is C20H18FN3O2. The zero-order chi connectivity index (χ0) is 18.3. The van der Waals surface area contributed by atoms with E-state index in [2.05, 4.69) is 4.98 Å². The average Bonchev–Trinajstić information content (AvgIpc) is 3.45. The summed E-state index contributed by atoms with van der Waals surface area (Å²) in [5.41, 5.74) is 1.77. The maximum absolute atomic E-state index is 13.5. The average molecular weight is 351 g/mol. The van der Waals surface area contributed by atoms with Crippen molar-refractivity contribution in [3.8, 4) is 0 Å². The minimum atomic E-state index is -0.381. The first-order valence-corrected chi connectivity index (χ1v) is 8.56. The zero-order valence-electron chi connectivity index (χ0n) is 14.4. The number of aryl methyl sites for hydroxylation is 1. The summed E-state index contributed by atoms with van der Waals surface area (Å²) in [5.74, 6) is -0.696. The molecule has 0 radical (unpaired) electrons. The molecule has 1 aromatic carbocycles. The molecule has 0 aliphatic heterocycles. The Kier molecular flexibility index (Phi) is 4.03. The number of fused-ring (bicyclic) bond motifs is 1. The number of aromatic nitrogens is 2. The summed E-state index contributed by atoms with van der Waals surface area (Å²) < 4.78 is 14.9. The standard InChI is InChI=1S/C20H18FN3O2/c1-13-5-8-18-22-10-17(20(26)24(18)11-13)19(25)23(16-6-7-16)12-14-3-2-4-15(21)9-14/h2-5,8-11,16H,6-7,12H2,1H3. The summed E-state index contributed by atoms with van der Waals surface area (Å²) in [7, 11) is 0. The van der Waals surface area contributed by atoms with Crippen molar-refractivity contribution >= 4 is 11.6 Å². The predicted molar refractivity (Wildman–Crippen MR) is 95.5 cm³/mol. The monoisotopic (exact) mass is 351 g/mol. The van der Waals surface area contributed by atoms with E-state index in [0.717, 1.165) is 18.4 Å². The van der Waals surface area contributed by atoms with Gasteiger partial charge in [-0.1, -0.05) is 18.2 Å². The molecule has 1 saturated carbocycles. The molecule has 0 N–H and O–H groups in total. The Morgan fingerprint density at radius 1 is 1.31 bits per heavy atom. The Labute approximate surface area is 149 Å². The highest BCUT2D eigenvalue weighted by molar-refractivity contribution is 5.94. The largest absolute Gasteiger partial charge is 0.331 e. The van der Waals surface area contributed by atoms with Gasteiger partial charge in [0.25, 0.3) is 11.5 Å². The molecule has 0 spiro atoms. The van der Waals surface area contributed by atoms with Crippen LogP contribution in [-0.2, 0) is 6.54 Å². The van der Waals surface area contributed by atoms with Crippen molar-refractivity contribution in [3.63, 3.8) is 0 Å². The van der Waals surface area contributed by atoms with Crippen molar-refractivity contribution in [1.82, 2.24) is 14.3 Å². The molecule has 6 heteroatoms. The number of rotatable bonds is 4. The molecule has 5 nitrogen and oxygen atoms in total. The minimum absolute atomic E-state index is 0.0383. The smallest absolute Gasteiger partial charge is 0.270 e. The predicted octanol–water partition coefficient (Wildman–Crippen LogP) is 2.95. The van der Waals surface area contributed by atoms with Gasteiger partial charge in [-0.3, -0.25) is 14.0 Å². The molecule has 0 bridgehead atoms. The molecular weight excluding hydrogens is 333 g/mol. The van der Waals surface area contributed by atoms with E-state index in [-0.39, 0.29) is 35.4 Å². The van der Waals surface area contributed by atoms with Crippen LogP contribution in [-0.4, -0.2) is 26.2 Å². The van der Waals surface area contributed by atoms with Gasteiger partial charge in [-0.25, -0.2) is 9.37 Å². The summed E-state index contributed by atoms with van der Waals surface area (Å²) >= 11 is 0. The number of hydrogen-bond acceptors (Lipinski definition) is 3. The summed E-state index contributed by atoms with van der Waals surface area (Å²) in [4.78, 5) is 31.7. The van der Waals surface area contributed by atoms with Crippen LogP contribution in [0.5, 0.6) is 0 Å².